The summed E-state index contributed by atoms with van der Waals surface area (Å²) in [5, 5.41) is 4.60. The number of nitrogens with two attached hydrogens (primary N) is 1. The largest absolute Gasteiger partial charge is 0.493 e. The van der Waals surface area contributed by atoms with Crippen molar-refractivity contribution in [2.45, 2.75) is 6.73 Å². The molecule has 0 amide bonds. The number of anilines is 1. The molecule has 90 valence electrons. The Labute approximate surface area is 104 Å². The summed E-state index contributed by atoms with van der Waals surface area (Å²) in [5.74, 6) is 1.64. The molecule has 17 heavy (non-hydrogen) atoms. The van der Waals surface area contributed by atoms with Gasteiger partial charge in [0.2, 0.25) is 0 Å². The Morgan fingerprint density at radius 1 is 1.35 bits per heavy atom. The van der Waals surface area contributed by atoms with Crippen LogP contribution in [-0.2, 0) is 6.73 Å². The number of benzene rings is 1. The van der Waals surface area contributed by atoms with Crippen LogP contribution in [0.15, 0.2) is 30.5 Å². The van der Waals surface area contributed by atoms with Crippen LogP contribution in [0.3, 0.4) is 0 Å². The maximum absolute atomic E-state index is 5.85. The predicted molar refractivity (Wildman–Crippen MR) is 65.3 cm³/mol. The SMILES string of the molecule is COc1cc(Cl)ccc1OCn1ccc(N)n1. The fraction of sp³-hybridized carbons (Fsp3) is 0.182. The zero-order chi connectivity index (χ0) is 12.3. The van der Waals surface area contributed by atoms with Gasteiger partial charge in [0.1, 0.15) is 5.82 Å². The van der Waals surface area contributed by atoms with E-state index in [0.29, 0.717) is 22.3 Å². The highest BCUT2D eigenvalue weighted by Crippen LogP contribution is 2.30. The van der Waals surface area contributed by atoms with E-state index < -0.39 is 0 Å². The lowest BCUT2D eigenvalue weighted by atomic mass is 10.3. The van der Waals surface area contributed by atoms with Crippen molar-refractivity contribution in [3.8, 4) is 11.5 Å². The first-order valence-electron chi connectivity index (χ1n) is 4.94. The van der Waals surface area contributed by atoms with Gasteiger partial charge >= 0.3 is 0 Å². The molecule has 0 unspecified atom stereocenters. The van der Waals surface area contributed by atoms with Gasteiger partial charge in [0.15, 0.2) is 18.2 Å². The van der Waals surface area contributed by atoms with Gasteiger partial charge in [-0.05, 0) is 12.1 Å². The number of nitrogens with zero attached hydrogens (tertiary/aromatic N) is 2. The third-order valence-corrected chi connectivity index (χ3v) is 2.37. The number of nitrogen functional groups attached to an aromatic ring is 1. The van der Waals surface area contributed by atoms with Gasteiger partial charge in [-0.3, -0.25) is 0 Å². The molecule has 1 aromatic heterocycles. The molecule has 1 aromatic carbocycles. The first-order valence-corrected chi connectivity index (χ1v) is 5.32. The van der Waals surface area contributed by atoms with Crippen molar-refractivity contribution in [2.75, 3.05) is 12.8 Å². The first kappa shape index (κ1) is 11.6. The second-order valence-corrected chi connectivity index (χ2v) is 3.79. The van der Waals surface area contributed by atoms with Crippen LogP contribution < -0.4 is 15.2 Å². The van der Waals surface area contributed by atoms with Gasteiger partial charge in [-0.25, -0.2) is 4.68 Å². The van der Waals surface area contributed by atoms with Gasteiger partial charge in [0.25, 0.3) is 0 Å². The van der Waals surface area contributed by atoms with Crippen molar-refractivity contribution in [3.63, 3.8) is 0 Å². The highest BCUT2D eigenvalue weighted by Gasteiger charge is 2.05. The molecule has 0 aliphatic rings. The Hall–Kier alpha value is -1.88. The van der Waals surface area contributed by atoms with E-state index in [9.17, 15) is 0 Å². The summed E-state index contributed by atoms with van der Waals surface area (Å²) >= 11 is 5.85. The maximum atomic E-state index is 5.85. The molecular formula is C11H12ClN3O2. The van der Waals surface area contributed by atoms with Crippen molar-refractivity contribution >= 4 is 17.4 Å². The highest BCUT2D eigenvalue weighted by molar-refractivity contribution is 6.30. The Bertz CT molecular complexity index is 513. The Kier molecular flexibility index (Phi) is 3.39. The second kappa shape index (κ2) is 4.97. The second-order valence-electron chi connectivity index (χ2n) is 3.35. The van der Waals surface area contributed by atoms with Crippen molar-refractivity contribution in [1.29, 1.82) is 0 Å². The Morgan fingerprint density at radius 2 is 2.18 bits per heavy atom. The molecule has 1 heterocycles. The number of hydrogen-bond acceptors (Lipinski definition) is 4. The lowest BCUT2D eigenvalue weighted by molar-refractivity contribution is 0.211. The van der Waals surface area contributed by atoms with Gasteiger partial charge in [0, 0.05) is 23.4 Å². The number of hydrogen-bond donors (Lipinski definition) is 1. The van der Waals surface area contributed by atoms with Crippen molar-refractivity contribution in [3.05, 3.63) is 35.5 Å². The molecule has 0 bridgehead atoms. The van der Waals surface area contributed by atoms with Gasteiger partial charge in [-0.2, -0.15) is 5.10 Å². The van der Waals surface area contributed by atoms with Crippen molar-refractivity contribution < 1.29 is 9.47 Å². The molecule has 2 aromatic rings. The number of halogens is 1. The van der Waals surface area contributed by atoms with Crippen LogP contribution >= 0.6 is 11.6 Å². The van der Waals surface area contributed by atoms with Crippen molar-refractivity contribution in [1.82, 2.24) is 9.78 Å². The number of methoxy groups -OCH3 is 1. The summed E-state index contributed by atoms with van der Waals surface area (Å²) in [6.07, 6.45) is 1.73. The minimum Gasteiger partial charge on any atom is -0.493 e. The van der Waals surface area contributed by atoms with Crippen LogP contribution in [0.4, 0.5) is 5.82 Å². The third-order valence-electron chi connectivity index (χ3n) is 2.14. The van der Waals surface area contributed by atoms with E-state index in [4.69, 9.17) is 26.8 Å². The van der Waals surface area contributed by atoms with E-state index in [1.54, 1.807) is 42.3 Å². The lowest BCUT2D eigenvalue weighted by Gasteiger charge is -2.10. The molecule has 2 N–H and O–H groups in total. The molecule has 0 saturated heterocycles. The smallest absolute Gasteiger partial charge is 0.181 e. The van der Waals surface area contributed by atoms with Crippen LogP contribution in [0.5, 0.6) is 11.5 Å². The monoisotopic (exact) mass is 253 g/mol. The molecule has 0 radical (unpaired) electrons. The standard InChI is InChI=1S/C11H12ClN3O2/c1-16-10-6-8(12)2-3-9(10)17-7-15-5-4-11(13)14-15/h2-6H,7H2,1H3,(H2,13,14). The highest BCUT2D eigenvalue weighted by atomic mass is 35.5. The van der Waals surface area contributed by atoms with E-state index in [2.05, 4.69) is 5.10 Å². The molecule has 6 heteroatoms. The quantitative estimate of drug-likeness (QED) is 0.907. The third kappa shape index (κ3) is 2.82. The van der Waals surface area contributed by atoms with E-state index in [-0.39, 0.29) is 6.73 Å². The summed E-state index contributed by atoms with van der Waals surface area (Å²) in [6, 6.07) is 6.86. The van der Waals surface area contributed by atoms with Crippen LogP contribution in [-0.4, -0.2) is 16.9 Å². The van der Waals surface area contributed by atoms with E-state index in [1.807, 2.05) is 0 Å². The number of rotatable bonds is 4. The topological polar surface area (TPSA) is 62.3 Å². The van der Waals surface area contributed by atoms with Crippen LogP contribution in [0.1, 0.15) is 0 Å². The molecule has 0 atom stereocenters. The van der Waals surface area contributed by atoms with Crippen LogP contribution in [0.25, 0.3) is 0 Å². The fourth-order valence-electron chi connectivity index (χ4n) is 1.35. The van der Waals surface area contributed by atoms with Gasteiger partial charge in [-0.15, -0.1) is 0 Å². The molecule has 0 fully saturated rings. The molecular weight excluding hydrogens is 242 g/mol. The van der Waals surface area contributed by atoms with Gasteiger partial charge < -0.3 is 15.2 Å². The summed E-state index contributed by atoms with van der Waals surface area (Å²) < 4.78 is 12.3. The minimum atomic E-state index is 0.259. The molecule has 0 saturated carbocycles. The minimum absolute atomic E-state index is 0.259. The van der Waals surface area contributed by atoms with Crippen LogP contribution in [0, 0.1) is 0 Å². The lowest BCUT2D eigenvalue weighted by Crippen LogP contribution is -2.06. The zero-order valence-electron chi connectivity index (χ0n) is 9.26. The first-order chi connectivity index (χ1) is 8.19. The molecule has 0 aliphatic heterocycles. The average Bonchev–Trinajstić information content (AvgIpc) is 2.73. The Balaban J connectivity index is 2.08. The maximum Gasteiger partial charge on any atom is 0.181 e. The van der Waals surface area contributed by atoms with E-state index in [1.165, 1.54) is 0 Å². The van der Waals surface area contributed by atoms with Gasteiger partial charge in [-0.1, -0.05) is 11.6 Å². The molecule has 0 aliphatic carbocycles. The van der Waals surface area contributed by atoms with E-state index in [0.717, 1.165) is 0 Å². The average molecular weight is 254 g/mol. The van der Waals surface area contributed by atoms with Gasteiger partial charge in [0.05, 0.1) is 7.11 Å². The van der Waals surface area contributed by atoms with E-state index >= 15 is 0 Å². The summed E-state index contributed by atoms with van der Waals surface area (Å²) in [5.41, 5.74) is 5.49. The fourth-order valence-corrected chi connectivity index (χ4v) is 1.51. The normalized spacial score (nSPS) is 10.2. The summed E-state index contributed by atoms with van der Waals surface area (Å²) in [4.78, 5) is 0. The summed E-state index contributed by atoms with van der Waals surface area (Å²) in [7, 11) is 1.56. The summed E-state index contributed by atoms with van der Waals surface area (Å²) in [6.45, 7) is 0.259. The molecule has 2 rings (SSSR count). The number of ether oxygens (including phenoxy) is 2. The van der Waals surface area contributed by atoms with Crippen molar-refractivity contribution in [2.24, 2.45) is 0 Å². The predicted octanol–water partition coefficient (Wildman–Crippen LogP) is 2.16. The molecule has 5 nitrogen and oxygen atoms in total. The molecule has 0 spiro atoms. The van der Waals surface area contributed by atoms with Crippen LogP contribution in [0.2, 0.25) is 5.02 Å². The zero-order valence-corrected chi connectivity index (χ0v) is 10.0. The number of aromatic nitrogens is 2. The Morgan fingerprint density at radius 3 is 2.82 bits per heavy atom.